The minimum Gasteiger partial charge on any atom is -0.330 e. The van der Waals surface area contributed by atoms with Crippen LogP contribution in [0.3, 0.4) is 0 Å². The molecule has 0 amide bonds. The lowest BCUT2D eigenvalue weighted by Crippen LogP contribution is -2.08. The quantitative estimate of drug-likeness (QED) is 0.689. The van der Waals surface area contributed by atoms with Crippen molar-refractivity contribution >= 4 is 0 Å². The molecule has 1 rings (SSSR count). The number of rotatable bonds is 3. The van der Waals surface area contributed by atoms with E-state index in [-0.39, 0.29) is 6.04 Å². The van der Waals surface area contributed by atoms with Crippen molar-refractivity contribution in [2.75, 3.05) is 6.54 Å². The monoisotopic (exact) mass is 165 g/mol. The average molecular weight is 165 g/mol. The van der Waals surface area contributed by atoms with Crippen molar-refractivity contribution in [2.24, 2.45) is 11.5 Å². The van der Waals surface area contributed by atoms with Gasteiger partial charge in [0.15, 0.2) is 0 Å². The fraction of sp³-hybridized carbons (Fsp3) is 0.444. The zero-order valence-corrected chi connectivity index (χ0v) is 7.33. The van der Waals surface area contributed by atoms with Gasteiger partial charge in [-0.2, -0.15) is 0 Å². The Morgan fingerprint density at radius 3 is 2.92 bits per heavy atom. The number of hydrogen-bond acceptors (Lipinski definition) is 3. The molecule has 0 bridgehead atoms. The molecule has 3 heteroatoms. The van der Waals surface area contributed by atoms with Crippen LogP contribution in [0.25, 0.3) is 0 Å². The second kappa shape index (κ2) is 4.18. The van der Waals surface area contributed by atoms with Crippen LogP contribution >= 0.6 is 0 Å². The van der Waals surface area contributed by atoms with E-state index in [1.165, 1.54) is 0 Å². The van der Waals surface area contributed by atoms with Gasteiger partial charge in [0.2, 0.25) is 0 Å². The van der Waals surface area contributed by atoms with Gasteiger partial charge in [0.05, 0.1) is 0 Å². The molecular formula is C9H15N3. The predicted octanol–water partition coefficient (Wildman–Crippen LogP) is 0.603. The van der Waals surface area contributed by atoms with Crippen LogP contribution in [0.1, 0.15) is 24.2 Å². The molecule has 12 heavy (non-hydrogen) atoms. The summed E-state index contributed by atoms with van der Waals surface area (Å²) in [6.07, 6.45) is 2.60. The molecule has 66 valence electrons. The lowest BCUT2D eigenvalue weighted by Gasteiger charge is -2.06. The van der Waals surface area contributed by atoms with E-state index in [1.807, 2.05) is 19.1 Å². The van der Waals surface area contributed by atoms with Crippen LogP contribution < -0.4 is 11.5 Å². The standard InChI is InChI=1S/C9H15N3/c1-7(11)8-3-5-12-9(6-8)2-4-10/h3,5-7H,2,4,10-11H2,1H3. The van der Waals surface area contributed by atoms with Gasteiger partial charge in [0.25, 0.3) is 0 Å². The molecule has 1 heterocycles. The lowest BCUT2D eigenvalue weighted by atomic mass is 10.1. The molecule has 1 atom stereocenters. The van der Waals surface area contributed by atoms with Crippen LogP contribution in [-0.2, 0) is 6.42 Å². The first-order valence-corrected chi connectivity index (χ1v) is 4.14. The molecule has 0 aliphatic heterocycles. The lowest BCUT2D eigenvalue weighted by molar-refractivity contribution is 0.805. The van der Waals surface area contributed by atoms with Gasteiger partial charge in [-0.1, -0.05) is 0 Å². The molecule has 0 aliphatic carbocycles. The molecular weight excluding hydrogens is 150 g/mol. The van der Waals surface area contributed by atoms with E-state index in [1.54, 1.807) is 6.20 Å². The second-order valence-corrected chi connectivity index (χ2v) is 2.91. The number of hydrogen-bond donors (Lipinski definition) is 2. The number of pyridine rings is 1. The van der Waals surface area contributed by atoms with Gasteiger partial charge in [0.1, 0.15) is 0 Å². The summed E-state index contributed by atoms with van der Waals surface area (Å²) in [6.45, 7) is 2.59. The smallest absolute Gasteiger partial charge is 0.0419 e. The van der Waals surface area contributed by atoms with Crippen molar-refractivity contribution < 1.29 is 0 Å². The van der Waals surface area contributed by atoms with Gasteiger partial charge < -0.3 is 11.5 Å². The molecule has 0 spiro atoms. The zero-order valence-electron chi connectivity index (χ0n) is 7.33. The van der Waals surface area contributed by atoms with Gasteiger partial charge >= 0.3 is 0 Å². The molecule has 0 fully saturated rings. The van der Waals surface area contributed by atoms with Crippen LogP contribution in [0, 0.1) is 0 Å². The van der Waals surface area contributed by atoms with Crippen molar-refractivity contribution in [1.82, 2.24) is 4.98 Å². The molecule has 3 nitrogen and oxygen atoms in total. The fourth-order valence-corrected chi connectivity index (χ4v) is 1.06. The van der Waals surface area contributed by atoms with Gasteiger partial charge in [-0.3, -0.25) is 4.98 Å². The highest BCUT2D eigenvalue weighted by Gasteiger charge is 2.00. The Balaban J connectivity index is 2.81. The molecule has 1 unspecified atom stereocenters. The van der Waals surface area contributed by atoms with Crippen LogP contribution in [0.2, 0.25) is 0 Å². The molecule has 0 aliphatic rings. The van der Waals surface area contributed by atoms with Crippen LogP contribution in [-0.4, -0.2) is 11.5 Å². The molecule has 1 aromatic heterocycles. The maximum absolute atomic E-state index is 5.72. The first-order valence-electron chi connectivity index (χ1n) is 4.14. The first-order chi connectivity index (χ1) is 5.74. The fourth-order valence-electron chi connectivity index (χ4n) is 1.06. The zero-order chi connectivity index (χ0) is 8.97. The van der Waals surface area contributed by atoms with E-state index in [2.05, 4.69) is 4.98 Å². The van der Waals surface area contributed by atoms with E-state index in [0.29, 0.717) is 6.54 Å². The van der Waals surface area contributed by atoms with Crippen molar-refractivity contribution in [3.05, 3.63) is 29.6 Å². The summed E-state index contributed by atoms with van der Waals surface area (Å²) in [4.78, 5) is 4.18. The minimum atomic E-state index is 0.0736. The highest BCUT2D eigenvalue weighted by atomic mass is 14.7. The topological polar surface area (TPSA) is 64.9 Å². The van der Waals surface area contributed by atoms with Crippen molar-refractivity contribution in [3.63, 3.8) is 0 Å². The highest BCUT2D eigenvalue weighted by Crippen LogP contribution is 2.09. The SMILES string of the molecule is CC(N)c1ccnc(CCN)c1. The Morgan fingerprint density at radius 2 is 2.33 bits per heavy atom. The van der Waals surface area contributed by atoms with E-state index < -0.39 is 0 Å². The molecule has 0 radical (unpaired) electrons. The molecule has 0 saturated carbocycles. The highest BCUT2D eigenvalue weighted by molar-refractivity contribution is 5.19. The number of nitrogens with zero attached hydrogens (tertiary/aromatic N) is 1. The third-order valence-corrected chi connectivity index (χ3v) is 1.77. The largest absolute Gasteiger partial charge is 0.330 e. The summed E-state index contributed by atoms with van der Waals surface area (Å²) < 4.78 is 0. The molecule has 4 N–H and O–H groups in total. The first kappa shape index (κ1) is 9.16. The average Bonchev–Trinajstić information content (AvgIpc) is 2.05. The minimum absolute atomic E-state index is 0.0736. The third-order valence-electron chi connectivity index (χ3n) is 1.77. The maximum Gasteiger partial charge on any atom is 0.0419 e. The van der Waals surface area contributed by atoms with E-state index in [0.717, 1.165) is 17.7 Å². The van der Waals surface area contributed by atoms with E-state index in [9.17, 15) is 0 Å². The Morgan fingerprint density at radius 1 is 1.58 bits per heavy atom. The summed E-state index contributed by atoms with van der Waals surface area (Å²) >= 11 is 0. The summed E-state index contributed by atoms with van der Waals surface area (Å²) in [5.74, 6) is 0. The Bertz CT molecular complexity index is 245. The summed E-state index contributed by atoms with van der Waals surface area (Å²) in [5.41, 5.74) is 13.3. The molecule has 0 saturated heterocycles. The Labute approximate surface area is 72.8 Å². The summed E-state index contributed by atoms with van der Waals surface area (Å²) in [7, 11) is 0. The summed E-state index contributed by atoms with van der Waals surface area (Å²) in [6, 6.07) is 4.02. The van der Waals surface area contributed by atoms with Crippen LogP contribution in [0.5, 0.6) is 0 Å². The van der Waals surface area contributed by atoms with Crippen LogP contribution in [0.15, 0.2) is 18.3 Å². The second-order valence-electron chi connectivity index (χ2n) is 2.91. The number of nitrogens with two attached hydrogens (primary N) is 2. The van der Waals surface area contributed by atoms with Crippen LogP contribution in [0.4, 0.5) is 0 Å². The predicted molar refractivity (Wildman–Crippen MR) is 49.6 cm³/mol. The maximum atomic E-state index is 5.72. The van der Waals surface area contributed by atoms with Crippen molar-refractivity contribution in [3.8, 4) is 0 Å². The summed E-state index contributed by atoms with van der Waals surface area (Å²) in [5, 5.41) is 0. The van der Waals surface area contributed by atoms with E-state index in [4.69, 9.17) is 11.5 Å². The van der Waals surface area contributed by atoms with Gasteiger partial charge in [0, 0.05) is 24.4 Å². The third kappa shape index (κ3) is 2.29. The number of aromatic nitrogens is 1. The Hall–Kier alpha value is -0.930. The van der Waals surface area contributed by atoms with Gasteiger partial charge in [-0.05, 0) is 31.2 Å². The molecule has 1 aromatic rings. The molecule has 0 aromatic carbocycles. The Kier molecular flexibility index (Phi) is 3.19. The van der Waals surface area contributed by atoms with E-state index >= 15 is 0 Å². The van der Waals surface area contributed by atoms with Gasteiger partial charge in [-0.15, -0.1) is 0 Å². The normalized spacial score (nSPS) is 12.9. The van der Waals surface area contributed by atoms with Crippen molar-refractivity contribution in [2.45, 2.75) is 19.4 Å². The van der Waals surface area contributed by atoms with Gasteiger partial charge in [-0.25, -0.2) is 0 Å². The van der Waals surface area contributed by atoms with Crippen molar-refractivity contribution in [1.29, 1.82) is 0 Å².